The summed E-state index contributed by atoms with van der Waals surface area (Å²) in [6.45, 7) is 3.99. The Labute approximate surface area is 174 Å². The molecule has 2 aromatic rings. The maximum atomic E-state index is 11.8. The van der Waals surface area contributed by atoms with E-state index in [2.05, 4.69) is 28.2 Å². The average Bonchev–Trinajstić information content (AvgIpc) is 2.66. The van der Waals surface area contributed by atoms with Crippen LogP contribution in [0, 0.1) is 0 Å². The van der Waals surface area contributed by atoms with Gasteiger partial charge in [-0.3, -0.25) is 9.59 Å². The van der Waals surface area contributed by atoms with E-state index >= 15 is 0 Å². The van der Waals surface area contributed by atoms with Crippen molar-refractivity contribution in [2.45, 2.75) is 44.8 Å². The maximum absolute atomic E-state index is 11.8. The molecule has 0 saturated carbocycles. The Morgan fingerprint density at radius 3 is 2.32 bits per heavy atom. The SMILES string of the molecule is CC(=O)O[C@@](CCNC(C)c1ccc(Br)cc1)(CCC(=O)O)c1ccccc1. The van der Waals surface area contributed by atoms with E-state index < -0.39 is 17.5 Å². The second-order valence-electron chi connectivity index (χ2n) is 6.83. The minimum absolute atomic E-state index is 0.0789. The molecule has 0 spiro atoms. The molecule has 2 atom stereocenters. The van der Waals surface area contributed by atoms with Crippen LogP contribution in [0.4, 0.5) is 0 Å². The van der Waals surface area contributed by atoms with Crippen LogP contribution >= 0.6 is 15.9 Å². The largest absolute Gasteiger partial charge is 0.481 e. The molecule has 1 unspecified atom stereocenters. The zero-order valence-corrected chi connectivity index (χ0v) is 17.7. The van der Waals surface area contributed by atoms with Crippen LogP contribution < -0.4 is 5.32 Å². The van der Waals surface area contributed by atoms with Crippen LogP contribution in [0.25, 0.3) is 0 Å². The molecule has 0 bridgehead atoms. The van der Waals surface area contributed by atoms with E-state index in [-0.39, 0.29) is 18.9 Å². The van der Waals surface area contributed by atoms with Crippen molar-refractivity contribution in [3.05, 3.63) is 70.2 Å². The van der Waals surface area contributed by atoms with Crippen molar-refractivity contribution in [3.63, 3.8) is 0 Å². The highest BCUT2D eigenvalue weighted by molar-refractivity contribution is 9.10. The topological polar surface area (TPSA) is 75.6 Å². The molecule has 2 aromatic carbocycles. The molecule has 0 aliphatic rings. The van der Waals surface area contributed by atoms with Gasteiger partial charge in [-0.1, -0.05) is 58.4 Å². The molecule has 0 heterocycles. The van der Waals surface area contributed by atoms with Gasteiger partial charge >= 0.3 is 11.9 Å². The van der Waals surface area contributed by atoms with E-state index in [1.165, 1.54) is 6.92 Å². The first kappa shape index (κ1) is 22.1. The molecule has 0 aromatic heterocycles. The molecular formula is C22H26BrNO4. The molecule has 2 N–H and O–H groups in total. The van der Waals surface area contributed by atoms with Crippen molar-refractivity contribution < 1.29 is 19.4 Å². The van der Waals surface area contributed by atoms with Crippen molar-refractivity contribution in [1.29, 1.82) is 0 Å². The Kier molecular flexibility index (Phi) is 8.20. The molecule has 150 valence electrons. The summed E-state index contributed by atoms with van der Waals surface area (Å²) in [5.74, 6) is -1.33. The van der Waals surface area contributed by atoms with Crippen LogP contribution in [0.1, 0.15) is 50.3 Å². The highest BCUT2D eigenvalue weighted by atomic mass is 79.9. The molecule has 0 aliphatic heterocycles. The summed E-state index contributed by atoms with van der Waals surface area (Å²) in [6.07, 6.45) is 0.620. The van der Waals surface area contributed by atoms with Crippen molar-refractivity contribution in [3.8, 4) is 0 Å². The van der Waals surface area contributed by atoms with Crippen molar-refractivity contribution >= 4 is 27.9 Å². The average molecular weight is 448 g/mol. The summed E-state index contributed by atoms with van der Waals surface area (Å²) in [4.78, 5) is 23.0. The number of carboxylic acids is 1. The number of esters is 1. The fraction of sp³-hybridized carbons (Fsp3) is 0.364. The lowest BCUT2D eigenvalue weighted by Gasteiger charge is -2.34. The van der Waals surface area contributed by atoms with Gasteiger partial charge in [0.15, 0.2) is 0 Å². The third-order valence-corrected chi connectivity index (χ3v) is 5.26. The number of rotatable bonds is 10. The molecule has 0 radical (unpaired) electrons. The zero-order chi connectivity index (χ0) is 20.6. The van der Waals surface area contributed by atoms with E-state index in [1.807, 2.05) is 54.6 Å². The maximum Gasteiger partial charge on any atom is 0.303 e. The lowest BCUT2D eigenvalue weighted by atomic mass is 9.85. The number of nitrogens with one attached hydrogen (secondary N) is 1. The third-order valence-electron chi connectivity index (χ3n) is 4.73. The fourth-order valence-corrected chi connectivity index (χ4v) is 3.52. The van der Waals surface area contributed by atoms with E-state index in [0.29, 0.717) is 13.0 Å². The van der Waals surface area contributed by atoms with Crippen molar-refractivity contribution in [1.82, 2.24) is 5.32 Å². The molecule has 0 aliphatic carbocycles. The normalized spacial score (nSPS) is 14.1. The predicted molar refractivity (Wildman–Crippen MR) is 112 cm³/mol. The van der Waals surface area contributed by atoms with Gasteiger partial charge in [0.2, 0.25) is 0 Å². The quantitative estimate of drug-likeness (QED) is 0.510. The molecule has 0 fully saturated rings. The summed E-state index contributed by atoms with van der Waals surface area (Å²) >= 11 is 3.43. The van der Waals surface area contributed by atoms with Gasteiger partial charge in [-0.15, -0.1) is 0 Å². The second-order valence-corrected chi connectivity index (χ2v) is 7.74. The Bertz CT molecular complexity index is 779. The summed E-state index contributed by atoms with van der Waals surface area (Å²) in [6, 6.07) is 17.6. The van der Waals surface area contributed by atoms with Crippen LogP contribution in [0.3, 0.4) is 0 Å². The summed E-state index contributed by atoms with van der Waals surface area (Å²) in [5.41, 5.74) is 0.980. The van der Waals surface area contributed by atoms with Gasteiger partial charge in [-0.05, 0) is 36.7 Å². The smallest absolute Gasteiger partial charge is 0.303 e. The second kappa shape index (κ2) is 10.4. The van der Waals surface area contributed by atoms with Crippen LogP contribution in [-0.4, -0.2) is 23.6 Å². The summed E-state index contributed by atoms with van der Waals surface area (Å²) in [7, 11) is 0. The van der Waals surface area contributed by atoms with Crippen LogP contribution in [0.5, 0.6) is 0 Å². The first-order valence-corrected chi connectivity index (χ1v) is 10.1. The molecule has 5 nitrogen and oxygen atoms in total. The molecular weight excluding hydrogens is 422 g/mol. The van der Waals surface area contributed by atoms with Crippen molar-refractivity contribution in [2.75, 3.05) is 6.54 Å². The van der Waals surface area contributed by atoms with E-state index in [1.54, 1.807) is 0 Å². The first-order chi connectivity index (χ1) is 13.3. The number of hydrogen-bond acceptors (Lipinski definition) is 4. The first-order valence-electron chi connectivity index (χ1n) is 9.28. The molecule has 2 rings (SSSR count). The fourth-order valence-electron chi connectivity index (χ4n) is 3.26. The van der Waals surface area contributed by atoms with Crippen molar-refractivity contribution in [2.24, 2.45) is 0 Å². The number of aliphatic carboxylic acids is 1. The highest BCUT2D eigenvalue weighted by Crippen LogP contribution is 2.35. The molecule has 0 saturated heterocycles. The molecule has 28 heavy (non-hydrogen) atoms. The van der Waals surface area contributed by atoms with Gasteiger partial charge in [0.25, 0.3) is 0 Å². The number of benzene rings is 2. The molecule has 6 heteroatoms. The number of carbonyl (C=O) groups is 2. The van der Waals surface area contributed by atoms with Gasteiger partial charge in [-0.2, -0.15) is 0 Å². The number of ether oxygens (including phenoxy) is 1. The highest BCUT2D eigenvalue weighted by Gasteiger charge is 2.35. The summed E-state index contributed by atoms with van der Waals surface area (Å²) in [5, 5.41) is 12.6. The lowest BCUT2D eigenvalue weighted by Crippen LogP contribution is -2.36. The Balaban J connectivity index is 2.16. The minimum Gasteiger partial charge on any atom is -0.481 e. The number of hydrogen-bond donors (Lipinski definition) is 2. The monoisotopic (exact) mass is 447 g/mol. The number of carboxylic acid groups (broad SMARTS) is 1. The number of halogens is 1. The van der Waals surface area contributed by atoms with E-state index in [9.17, 15) is 14.7 Å². The third kappa shape index (κ3) is 6.46. The van der Waals surface area contributed by atoms with Gasteiger partial charge in [-0.25, -0.2) is 0 Å². The van der Waals surface area contributed by atoms with Crippen LogP contribution in [0.15, 0.2) is 59.1 Å². The van der Waals surface area contributed by atoms with Gasteiger partial charge < -0.3 is 15.2 Å². The van der Waals surface area contributed by atoms with Crippen LogP contribution in [-0.2, 0) is 19.9 Å². The van der Waals surface area contributed by atoms with Crippen LogP contribution in [0.2, 0.25) is 0 Å². The summed E-state index contributed by atoms with van der Waals surface area (Å²) < 4.78 is 6.75. The minimum atomic E-state index is -0.974. The molecule has 0 amide bonds. The van der Waals surface area contributed by atoms with Gasteiger partial charge in [0.05, 0.1) is 0 Å². The zero-order valence-electron chi connectivity index (χ0n) is 16.2. The van der Waals surface area contributed by atoms with Gasteiger partial charge in [0, 0.05) is 36.7 Å². The standard InChI is InChI=1S/C22H26BrNO4/c1-16(18-8-10-20(23)11-9-18)24-15-14-22(28-17(2)25,13-12-21(26)27)19-6-4-3-5-7-19/h3-11,16,24H,12-15H2,1-2H3,(H,26,27)/t16?,22-/m1/s1. The Morgan fingerprint density at radius 2 is 1.75 bits per heavy atom. The predicted octanol–water partition coefficient (Wildman–Crippen LogP) is 4.81. The Hall–Kier alpha value is -2.18. The van der Waals surface area contributed by atoms with Gasteiger partial charge in [0.1, 0.15) is 5.60 Å². The lowest BCUT2D eigenvalue weighted by molar-refractivity contribution is -0.162. The van der Waals surface area contributed by atoms with E-state index in [0.717, 1.165) is 15.6 Å². The number of carbonyl (C=O) groups excluding carboxylic acids is 1. The Morgan fingerprint density at radius 1 is 1.11 bits per heavy atom. The van der Waals surface area contributed by atoms with E-state index in [4.69, 9.17) is 4.74 Å².